The largest absolute Gasteiger partial charge is 0.419 e. The Labute approximate surface area is 205 Å². The highest BCUT2D eigenvalue weighted by atomic mass is 19.4. The van der Waals surface area contributed by atoms with Crippen LogP contribution >= 0.6 is 0 Å². The highest BCUT2D eigenvalue weighted by molar-refractivity contribution is 5.94. The van der Waals surface area contributed by atoms with Crippen LogP contribution in [0, 0.1) is 19.8 Å². The molecule has 3 aliphatic rings. The van der Waals surface area contributed by atoms with Gasteiger partial charge in [-0.25, -0.2) is 15.0 Å². The van der Waals surface area contributed by atoms with Gasteiger partial charge in [-0.2, -0.15) is 13.2 Å². The van der Waals surface area contributed by atoms with Crippen molar-refractivity contribution < 1.29 is 17.7 Å². The number of hydrogen-bond acceptors (Lipinski definition) is 7. The second-order valence-electron chi connectivity index (χ2n) is 9.77. The summed E-state index contributed by atoms with van der Waals surface area (Å²) in [6, 6.07) is 3.61. The van der Waals surface area contributed by atoms with Crippen molar-refractivity contribution in [2.45, 2.75) is 45.3 Å². The van der Waals surface area contributed by atoms with Crippen molar-refractivity contribution in [3.63, 3.8) is 0 Å². The summed E-state index contributed by atoms with van der Waals surface area (Å²) in [5.74, 6) is 1.46. The molecule has 2 N–H and O–H groups in total. The van der Waals surface area contributed by atoms with Crippen LogP contribution in [0.4, 0.5) is 19.1 Å². The number of pyridine rings is 1. The summed E-state index contributed by atoms with van der Waals surface area (Å²) in [6.45, 7) is 6.60. The molecule has 188 valence electrons. The van der Waals surface area contributed by atoms with Crippen LogP contribution in [0.25, 0.3) is 33.5 Å². The Kier molecular flexibility index (Phi) is 5.47. The molecule has 3 fully saturated rings. The van der Waals surface area contributed by atoms with Gasteiger partial charge in [0.1, 0.15) is 17.0 Å². The van der Waals surface area contributed by atoms with Crippen molar-refractivity contribution in [3.05, 3.63) is 41.5 Å². The lowest BCUT2D eigenvalue weighted by molar-refractivity contribution is -0.137. The standard InChI is InChI=1S/C25H26F3N7O/c1-13-21(14(2)36-34-13)20-4-3-17-18(10-29-23(17)32-20)22-19(25(26,27)28)11-30-24(33-22)31-16-9-15-5-7-35(12-16)8-6-15/h3-4,10-11,15-16H,5-9,12H2,1-2H3,(H,29,32)(H,30,31,33)/t16-/m0/s1. The molecule has 4 aromatic rings. The molecule has 4 aromatic heterocycles. The summed E-state index contributed by atoms with van der Waals surface area (Å²) in [7, 11) is 0. The molecule has 0 radical (unpaired) electrons. The van der Waals surface area contributed by atoms with Crippen molar-refractivity contribution in [1.82, 2.24) is 30.0 Å². The van der Waals surface area contributed by atoms with Crippen molar-refractivity contribution >= 4 is 17.0 Å². The minimum Gasteiger partial charge on any atom is -0.361 e. The number of alkyl halides is 3. The third-order valence-corrected chi connectivity index (χ3v) is 7.31. The van der Waals surface area contributed by atoms with Gasteiger partial charge in [-0.3, -0.25) is 0 Å². The second-order valence-corrected chi connectivity index (χ2v) is 9.77. The predicted octanol–water partition coefficient (Wildman–Crippen LogP) is 5.21. The normalized spacial score (nSPS) is 22.2. The number of piperidine rings is 1. The lowest BCUT2D eigenvalue weighted by Gasteiger charge is -2.26. The van der Waals surface area contributed by atoms with E-state index >= 15 is 0 Å². The van der Waals surface area contributed by atoms with E-state index in [0.29, 0.717) is 39.7 Å². The monoisotopic (exact) mass is 497 g/mol. The van der Waals surface area contributed by atoms with Crippen LogP contribution in [0.3, 0.4) is 0 Å². The molecule has 3 aliphatic heterocycles. The van der Waals surface area contributed by atoms with E-state index in [2.05, 4.69) is 35.3 Å². The third-order valence-electron chi connectivity index (χ3n) is 7.31. The maximum atomic E-state index is 14.0. The molecule has 2 bridgehead atoms. The Balaban J connectivity index is 1.38. The Hall–Kier alpha value is -3.47. The Morgan fingerprint density at radius 3 is 2.67 bits per heavy atom. The zero-order valence-corrected chi connectivity index (χ0v) is 20.0. The SMILES string of the molecule is Cc1noc(C)c1-c1ccc2c(-c3nc(N[C@H]4CC5CCN(CC5)C4)ncc3C(F)(F)F)c[nH]c2n1. The molecule has 0 spiro atoms. The molecule has 8 nitrogen and oxygen atoms in total. The molecule has 7 rings (SSSR count). The molecule has 3 saturated heterocycles. The van der Waals surface area contributed by atoms with E-state index in [4.69, 9.17) is 4.52 Å². The number of nitrogens with zero attached hydrogens (tertiary/aromatic N) is 5. The zero-order chi connectivity index (χ0) is 25.0. The fourth-order valence-electron chi connectivity index (χ4n) is 5.53. The number of H-pyrrole nitrogens is 1. The second kappa shape index (κ2) is 8.58. The van der Waals surface area contributed by atoms with Crippen LogP contribution in [0.2, 0.25) is 0 Å². The van der Waals surface area contributed by atoms with Gasteiger partial charge in [-0.15, -0.1) is 0 Å². The first kappa shape index (κ1) is 23.0. The van der Waals surface area contributed by atoms with Crippen LogP contribution in [0.1, 0.15) is 36.3 Å². The number of hydrogen-bond donors (Lipinski definition) is 2. The molecule has 1 atom stereocenters. The van der Waals surface area contributed by atoms with E-state index in [1.54, 1.807) is 19.1 Å². The first-order chi connectivity index (χ1) is 17.3. The summed E-state index contributed by atoms with van der Waals surface area (Å²) in [5, 5.41) is 7.82. The lowest BCUT2D eigenvalue weighted by Crippen LogP contribution is -2.35. The van der Waals surface area contributed by atoms with Gasteiger partial charge in [0.15, 0.2) is 0 Å². The topological polar surface area (TPSA) is 95.8 Å². The van der Waals surface area contributed by atoms with E-state index in [1.165, 1.54) is 6.20 Å². The van der Waals surface area contributed by atoms with Crippen molar-refractivity contribution in [1.29, 1.82) is 0 Å². The summed E-state index contributed by atoms with van der Waals surface area (Å²) >= 11 is 0. The first-order valence-electron chi connectivity index (χ1n) is 12.1. The Morgan fingerprint density at radius 1 is 1.14 bits per heavy atom. The number of aromatic nitrogens is 5. The van der Waals surface area contributed by atoms with E-state index in [9.17, 15) is 13.2 Å². The number of anilines is 1. The number of halogens is 3. The summed E-state index contributed by atoms with van der Waals surface area (Å²) < 4.78 is 47.2. The maximum absolute atomic E-state index is 14.0. The van der Waals surface area contributed by atoms with E-state index in [1.807, 2.05) is 6.92 Å². The minimum atomic E-state index is -4.60. The van der Waals surface area contributed by atoms with Gasteiger partial charge in [0.2, 0.25) is 5.95 Å². The number of nitrogens with one attached hydrogen (secondary N) is 2. The molecule has 11 heteroatoms. The maximum Gasteiger partial charge on any atom is 0.419 e. The molecule has 0 aliphatic carbocycles. The van der Waals surface area contributed by atoms with Crippen LogP contribution < -0.4 is 5.32 Å². The van der Waals surface area contributed by atoms with Crippen LogP contribution in [0.5, 0.6) is 0 Å². The highest BCUT2D eigenvalue weighted by Crippen LogP contribution is 2.39. The summed E-state index contributed by atoms with van der Waals surface area (Å²) in [6.07, 6.45) is 1.09. The van der Waals surface area contributed by atoms with Crippen molar-refractivity contribution in [2.75, 3.05) is 25.0 Å². The van der Waals surface area contributed by atoms with Crippen molar-refractivity contribution in [2.24, 2.45) is 5.92 Å². The average Bonchev–Trinajstić information content (AvgIpc) is 3.27. The van der Waals surface area contributed by atoms with Gasteiger partial charge in [0, 0.05) is 35.9 Å². The minimum absolute atomic E-state index is 0.104. The van der Waals surface area contributed by atoms with Gasteiger partial charge in [0.25, 0.3) is 0 Å². The Morgan fingerprint density at radius 2 is 1.94 bits per heavy atom. The fourth-order valence-corrected chi connectivity index (χ4v) is 5.53. The van der Waals surface area contributed by atoms with Gasteiger partial charge in [0.05, 0.1) is 22.6 Å². The lowest BCUT2D eigenvalue weighted by atomic mass is 9.94. The number of rotatable bonds is 4. The predicted molar refractivity (Wildman–Crippen MR) is 128 cm³/mol. The van der Waals surface area contributed by atoms with Crippen LogP contribution in [-0.4, -0.2) is 55.7 Å². The van der Waals surface area contributed by atoms with Gasteiger partial charge in [-0.05, 0) is 64.3 Å². The van der Waals surface area contributed by atoms with E-state index in [0.717, 1.165) is 50.7 Å². The highest BCUT2D eigenvalue weighted by Gasteiger charge is 2.37. The molecule has 36 heavy (non-hydrogen) atoms. The molecule has 0 saturated carbocycles. The number of fused-ring (bicyclic) bond motifs is 5. The summed E-state index contributed by atoms with van der Waals surface area (Å²) in [4.78, 5) is 18.5. The third kappa shape index (κ3) is 4.11. The number of aryl methyl sites for hydroxylation is 2. The molecular formula is C25H26F3N7O. The van der Waals surface area contributed by atoms with Crippen LogP contribution in [-0.2, 0) is 6.18 Å². The first-order valence-corrected chi connectivity index (χ1v) is 12.1. The smallest absolute Gasteiger partial charge is 0.361 e. The van der Waals surface area contributed by atoms with Gasteiger partial charge < -0.3 is 19.7 Å². The average molecular weight is 498 g/mol. The molecule has 0 aromatic carbocycles. The van der Waals surface area contributed by atoms with E-state index < -0.39 is 11.7 Å². The van der Waals surface area contributed by atoms with E-state index in [-0.39, 0.29) is 17.7 Å². The molecule has 7 heterocycles. The van der Waals surface area contributed by atoms with Crippen molar-refractivity contribution in [3.8, 4) is 22.5 Å². The molecule has 0 amide bonds. The zero-order valence-electron chi connectivity index (χ0n) is 20.0. The summed E-state index contributed by atoms with van der Waals surface area (Å²) in [5.41, 5.74) is 1.82. The molecular weight excluding hydrogens is 471 g/mol. The molecule has 0 unspecified atom stereocenters. The quantitative estimate of drug-likeness (QED) is 0.400. The number of aromatic amines is 1. The van der Waals surface area contributed by atoms with Crippen LogP contribution in [0.15, 0.2) is 29.0 Å². The Bertz CT molecular complexity index is 1390. The van der Waals surface area contributed by atoms with Gasteiger partial charge >= 0.3 is 6.18 Å². The fraction of sp³-hybridized carbons (Fsp3) is 0.440. The van der Waals surface area contributed by atoms with Gasteiger partial charge in [-0.1, -0.05) is 5.16 Å².